The van der Waals surface area contributed by atoms with E-state index in [0.717, 1.165) is 17.7 Å². The molecule has 3 aromatic carbocycles. The molecule has 0 radical (unpaired) electrons. The molecule has 0 fully saturated rings. The summed E-state index contributed by atoms with van der Waals surface area (Å²) >= 11 is 0. The minimum Gasteiger partial charge on any atom is -0.371 e. The maximum atomic E-state index is 12.5. The number of para-hydroxylation sites is 1. The largest absolute Gasteiger partial charge is 0.371 e. The summed E-state index contributed by atoms with van der Waals surface area (Å²) in [6.45, 7) is 2.04. The molecule has 5 nitrogen and oxygen atoms in total. The van der Waals surface area contributed by atoms with Crippen LogP contribution in [-0.4, -0.2) is 20.2 Å². The smallest absolute Gasteiger partial charge is 0.255 e. The first-order chi connectivity index (χ1) is 13.5. The molecule has 0 atom stereocenters. The summed E-state index contributed by atoms with van der Waals surface area (Å²) < 4.78 is 24.6. The zero-order chi connectivity index (χ0) is 20.0. The van der Waals surface area contributed by atoms with Crippen LogP contribution in [0.2, 0.25) is 0 Å². The quantitative estimate of drug-likeness (QED) is 0.625. The summed E-state index contributed by atoms with van der Waals surface area (Å²) in [7, 11) is -3.42. The molecule has 0 saturated carbocycles. The van der Waals surface area contributed by atoms with Crippen LogP contribution >= 0.6 is 0 Å². The molecule has 3 aromatic rings. The predicted molar refractivity (Wildman–Crippen MR) is 112 cm³/mol. The lowest BCUT2D eigenvalue weighted by molar-refractivity contribution is 0.102. The van der Waals surface area contributed by atoms with Crippen LogP contribution in [0, 0.1) is 0 Å². The van der Waals surface area contributed by atoms with Crippen molar-refractivity contribution in [3.8, 4) is 0 Å². The molecular weight excluding hydrogens is 372 g/mol. The lowest BCUT2D eigenvalue weighted by Gasteiger charge is -2.11. The van der Waals surface area contributed by atoms with Crippen molar-refractivity contribution in [2.24, 2.45) is 0 Å². The van der Waals surface area contributed by atoms with Crippen molar-refractivity contribution in [3.05, 3.63) is 90.0 Å². The second kappa shape index (κ2) is 8.71. The third-order valence-corrected chi connectivity index (χ3v) is 5.88. The second-order valence-corrected chi connectivity index (χ2v) is 8.28. The van der Waals surface area contributed by atoms with Gasteiger partial charge >= 0.3 is 0 Å². The number of carbonyl (C=O) groups excluding carboxylic acids is 1. The Labute approximate surface area is 165 Å². The fraction of sp³-hybridized carbons (Fsp3) is 0.136. The molecule has 0 aliphatic heterocycles. The third kappa shape index (κ3) is 4.78. The molecule has 2 N–H and O–H groups in total. The third-order valence-electron chi connectivity index (χ3n) is 4.36. The number of aryl methyl sites for hydroxylation is 1. The van der Waals surface area contributed by atoms with Crippen LogP contribution in [0.25, 0.3) is 0 Å². The number of hydrogen-bond acceptors (Lipinski definition) is 4. The molecule has 6 heteroatoms. The summed E-state index contributed by atoms with van der Waals surface area (Å²) in [5, 5.41) is 5.82. The number of nitrogens with one attached hydrogen (secondary N) is 2. The Morgan fingerprint density at radius 1 is 0.857 bits per heavy atom. The minimum absolute atomic E-state index is 0.204. The Morgan fingerprint density at radius 3 is 2.18 bits per heavy atom. The molecule has 1 amide bonds. The number of carbonyl (C=O) groups is 1. The van der Waals surface area contributed by atoms with Crippen molar-refractivity contribution < 1.29 is 13.2 Å². The van der Waals surface area contributed by atoms with E-state index in [1.807, 2.05) is 31.2 Å². The van der Waals surface area contributed by atoms with Crippen LogP contribution < -0.4 is 10.6 Å². The molecule has 0 saturated heterocycles. The van der Waals surface area contributed by atoms with Crippen molar-refractivity contribution in [1.82, 2.24) is 0 Å². The number of amides is 1. The van der Waals surface area contributed by atoms with Gasteiger partial charge in [0, 0.05) is 16.9 Å². The number of hydrogen-bond donors (Lipinski definition) is 2. The number of benzene rings is 3. The Kier molecular flexibility index (Phi) is 6.11. The van der Waals surface area contributed by atoms with Gasteiger partial charge in [-0.3, -0.25) is 4.79 Å². The summed E-state index contributed by atoms with van der Waals surface area (Å²) in [6.07, 6.45) is 0.829. The zero-order valence-electron chi connectivity index (χ0n) is 15.6. The standard InChI is InChI=1S/C22H22N2O3S/c1-2-17-8-6-7-11-21(17)24-22(25)18-12-14-19(15-13-18)23-16-28(26,27)20-9-4-3-5-10-20/h3-15,23H,2,16H2,1H3,(H,24,25). The van der Waals surface area contributed by atoms with Gasteiger partial charge in [0.15, 0.2) is 9.84 Å². The van der Waals surface area contributed by atoms with Crippen molar-refractivity contribution in [2.75, 3.05) is 16.5 Å². The fourth-order valence-corrected chi connectivity index (χ4v) is 3.87. The van der Waals surface area contributed by atoms with E-state index in [-0.39, 0.29) is 16.7 Å². The lowest BCUT2D eigenvalue weighted by atomic mass is 10.1. The van der Waals surface area contributed by atoms with Gasteiger partial charge in [-0.15, -0.1) is 0 Å². The normalized spacial score (nSPS) is 11.0. The highest BCUT2D eigenvalue weighted by Crippen LogP contribution is 2.18. The van der Waals surface area contributed by atoms with Gasteiger partial charge in [0.25, 0.3) is 5.91 Å². The molecule has 0 aromatic heterocycles. The SMILES string of the molecule is CCc1ccccc1NC(=O)c1ccc(NCS(=O)(=O)c2ccccc2)cc1. The van der Waals surface area contributed by atoms with Crippen LogP contribution in [0.3, 0.4) is 0 Å². The van der Waals surface area contributed by atoms with E-state index in [9.17, 15) is 13.2 Å². The van der Waals surface area contributed by atoms with Gasteiger partial charge in [0.05, 0.1) is 4.90 Å². The first-order valence-corrected chi connectivity index (χ1v) is 10.7. The van der Waals surface area contributed by atoms with Gasteiger partial charge in [0.1, 0.15) is 5.88 Å². The first-order valence-electron chi connectivity index (χ1n) is 9.00. The molecule has 3 rings (SSSR count). The maximum Gasteiger partial charge on any atom is 0.255 e. The molecule has 0 bridgehead atoms. The van der Waals surface area contributed by atoms with Crippen molar-refractivity contribution in [1.29, 1.82) is 0 Å². The maximum absolute atomic E-state index is 12.5. The van der Waals surface area contributed by atoms with Crippen LogP contribution in [0.1, 0.15) is 22.8 Å². The van der Waals surface area contributed by atoms with Gasteiger partial charge in [0.2, 0.25) is 0 Å². The number of anilines is 2. The summed E-state index contributed by atoms with van der Waals surface area (Å²) in [5.74, 6) is -0.420. The average Bonchev–Trinajstić information content (AvgIpc) is 2.73. The number of rotatable bonds is 7. The van der Waals surface area contributed by atoms with Crippen molar-refractivity contribution in [2.45, 2.75) is 18.2 Å². The van der Waals surface area contributed by atoms with Gasteiger partial charge in [-0.05, 0) is 54.4 Å². The Balaban J connectivity index is 1.64. The highest BCUT2D eigenvalue weighted by Gasteiger charge is 2.13. The van der Waals surface area contributed by atoms with Crippen LogP contribution in [0.15, 0.2) is 83.8 Å². The molecule has 0 unspecified atom stereocenters. The van der Waals surface area contributed by atoms with E-state index in [1.165, 1.54) is 0 Å². The Hall–Kier alpha value is -3.12. The minimum atomic E-state index is -3.42. The molecule has 0 spiro atoms. The lowest BCUT2D eigenvalue weighted by Crippen LogP contribution is -2.15. The van der Waals surface area contributed by atoms with E-state index >= 15 is 0 Å². The van der Waals surface area contributed by atoms with E-state index < -0.39 is 9.84 Å². The summed E-state index contributed by atoms with van der Waals surface area (Å²) in [5.41, 5.74) is 3.00. The molecular formula is C22H22N2O3S. The first kappa shape index (κ1) is 19.6. The molecule has 0 heterocycles. The van der Waals surface area contributed by atoms with Gasteiger partial charge in [-0.2, -0.15) is 0 Å². The topological polar surface area (TPSA) is 75.3 Å². The van der Waals surface area contributed by atoms with Crippen molar-refractivity contribution in [3.63, 3.8) is 0 Å². The van der Waals surface area contributed by atoms with E-state index in [1.54, 1.807) is 54.6 Å². The molecule has 0 aliphatic carbocycles. The molecule has 144 valence electrons. The van der Waals surface area contributed by atoms with E-state index in [4.69, 9.17) is 0 Å². The monoisotopic (exact) mass is 394 g/mol. The number of sulfone groups is 1. The Morgan fingerprint density at radius 2 is 1.50 bits per heavy atom. The van der Waals surface area contributed by atoms with Gasteiger partial charge in [-0.1, -0.05) is 43.3 Å². The molecule has 0 aliphatic rings. The highest BCUT2D eigenvalue weighted by molar-refractivity contribution is 7.91. The van der Waals surface area contributed by atoms with E-state index in [0.29, 0.717) is 11.3 Å². The van der Waals surface area contributed by atoms with Gasteiger partial charge < -0.3 is 10.6 Å². The molecule has 28 heavy (non-hydrogen) atoms. The summed E-state index contributed by atoms with van der Waals surface area (Å²) in [4.78, 5) is 12.7. The summed E-state index contributed by atoms with van der Waals surface area (Å²) in [6, 6.07) is 22.7. The Bertz CT molecular complexity index is 1050. The van der Waals surface area contributed by atoms with Gasteiger partial charge in [-0.25, -0.2) is 8.42 Å². The van der Waals surface area contributed by atoms with Crippen LogP contribution in [-0.2, 0) is 16.3 Å². The van der Waals surface area contributed by atoms with Crippen LogP contribution in [0.4, 0.5) is 11.4 Å². The van der Waals surface area contributed by atoms with Crippen LogP contribution in [0.5, 0.6) is 0 Å². The second-order valence-electron chi connectivity index (χ2n) is 6.29. The average molecular weight is 394 g/mol. The van der Waals surface area contributed by atoms with E-state index in [2.05, 4.69) is 10.6 Å². The van der Waals surface area contributed by atoms with Crippen molar-refractivity contribution >= 4 is 27.1 Å². The fourth-order valence-electron chi connectivity index (χ4n) is 2.77. The zero-order valence-corrected chi connectivity index (χ0v) is 16.4. The highest BCUT2D eigenvalue weighted by atomic mass is 32.2. The predicted octanol–water partition coefficient (Wildman–Crippen LogP) is 4.34.